The average molecular weight is 622 g/mol. The molecule has 13 heteroatoms. The highest BCUT2D eigenvalue weighted by Crippen LogP contribution is 2.38. The number of morpholine rings is 1. The number of aromatic nitrogens is 1. The molecule has 1 aromatic heterocycles. The Labute approximate surface area is 256 Å². The second kappa shape index (κ2) is 12.5. The molecule has 12 nitrogen and oxygen atoms in total. The monoisotopic (exact) mass is 621 g/mol. The third-order valence-electron chi connectivity index (χ3n) is 7.43. The van der Waals surface area contributed by atoms with Crippen molar-refractivity contribution in [2.75, 3.05) is 53.4 Å². The van der Waals surface area contributed by atoms with E-state index < -0.39 is 12.0 Å². The second-order valence-electron chi connectivity index (χ2n) is 10.1. The lowest BCUT2D eigenvalue weighted by Gasteiger charge is -2.26. The molecule has 0 N–H and O–H groups in total. The van der Waals surface area contributed by atoms with Gasteiger partial charge in [0.1, 0.15) is 0 Å². The lowest BCUT2D eigenvalue weighted by molar-refractivity contribution is -0.139. The zero-order chi connectivity index (χ0) is 30.8. The number of thiazole rings is 1. The number of hydrogen-bond acceptors (Lipinski definition) is 11. The summed E-state index contributed by atoms with van der Waals surface area (Å²) in [6, 6.07) is 9.77. The highest BCUT2D eigenvalue weighted by molar-refractivity contribution is 7.07. The minimum Gasteiger partial charge on any atom is -0.493 e. The van der Waals surface area contributed by atoms with Crippen LogP contribution >= 0.6 is 11.3 Å². The highest BCUT2D eigenvalue weighted by Gasteiger charge is 2.34. The number of nitrogens with zero attached hydrogens (tertiary/aromatic N) is 3. The van der Waals surface area contributed by atoms with Crippen molar-refractivity contribution < 1.29 is 38.0 Å². The van der Waals surface area contributed by atoms with Gasteiger partial charge in [0.15, 0.2) is 34.4 Å². The molecule has 0 unspecified atom stereocenters. The molecule has 1 amide bonds. The molecule has 4 heterocycles. The molecule has 3 aliphatic rings. The van der Waals surface area contributed by atoms with Gasteiger partial charge in [0.2, 0.25) is 6.79 Å². The summed E-state index contributed by atoms with van der Waals surface area (Å²) >= 11 is 1.21. The molecule has 0 aliphatic carbocycles. The average Bonchev–Trinajstić information content (AvgIpc) is 3.63. The molecule has 44 heavy (non-hydrogen) atoms. The van der Waals surface area contributed by atoms with Crippen LogP contribution in [0.5, 0.6) is 23.0 Å². The maximum absolute atomic E-state index is 14.0. The Morgan fingerprint density at radius 1 is 1.09 bits per heavy atom. The van der Waals surface area contributed by atoms with Gasteiger partial charge in [-0.1, -0.05) is 23.5 Å². The summed E-state index contributed by atoms with van der Waals surface area (Å²) in [6.45, 7) is 5.69. The summed E-state index contributed by atoms with van der Waals surface area (Å²) in [5, 5.41) is 0. The minimum absolute atomic E-state index is 0.0959. The zero-order valence-corrected chi connectivity index (χ0v) is 25.3. The van der Waals surface area contributed by atoms with Crippen molar-refractivity contribution in [2.45, 2.75) is 19.9 Å². The number of allylic oxidation sites excluding steroid dienone is 1. The van der Waals surface area contributed by atoms with E-state index in [4.69, 9.17) is 28.4 Å². The van der Waals surface area contributed by atoms with E-state index in [0.29, 0.717) is 75.5 Å². The van der Waals surface area contributed by atoms with Crippen molar-refractivity contribution in [2.24, 2.45) is 4.99 Å². The van der Waals surface area contributed by atoms with Crippen molar-refractivity contribution in [3.63, 3.8) is 0 Å². The summed E-state index contributed by atoms with van der Waals surface area (Å²) < 4.78 is 34.9. The molecule has 0 saturated carbocycles. The predicted octanol–water partition coefficient (Wildman–Crippen LogP) is 1.77. The standard InChI is InChI=1S/C31H31N3O9S/c1-4-40-30(37)27-18(2)32-31-34(28(27)20-6-8-22-24(15-20)43-17-42-22)29(36)25(44-31)14-19-5-7-21(23(13-19)38-3)41-16-26(35)33-9-11-39-12-10-33/h5-8,13-15,28H,4,9-12,16-17H2,1-3H3/b25-14+/t28-/m0/s1. The van der Waals surface area contributed by atoms with Crippen LogP contribution in [0, 0.1) is 0 Å². The number of benzene rings is 2. The summed E-state index contributed by atoms with van der Waals surface area (Å²) in [6.07, 6.45) is 1.73. The quantitative estimate of drug-likeness (QED) is 0.346. The lowest BCUT2D eigenvalue weighted by Crippen LogP contribution is -2.43. The first-order valence-corrected chi connectivity index (χ1v) is 14.9. The molecule has 1 fully saturated rings. The summed E-state index contributed by atoms with van der Waals surface area (Å²) in [4.78, 5) is 46.4. The van der Waals surface area contributed by atoms with E-state index in [2.05, 4.69) is 4.99 Å². The molecular weight excluding hydrogens is 590 g/mol. The molecular formula is C31H31N3O9S. The number of amides is 1. The van der Waals surface area contributed by atoms with Crippen molar-refractivity contribution in [3.05, 3.63) is 78.5 Å². The predicted molar refractivity (Wildman–Crippen MR) is 159 cm³/mol. The molecule has 6 rings (SSSR count). The van der Waals surface area contributed by atoms with Crippen molar-refractivity contribution in [1.29, 1.82) is 0 Å². The van der Waals surface area contributed by atoms with Gasteiger partial charge in [-0.2, -0.15) is 0 Å². The van der Waals surface area contributed by atoms with Crippen LogP contribution in [0.15, 0.2) is 57.5 Å². The van der Waals surface area contributed by atoms with Crippen molar-refractivity contribution in [1.82, 2.24) is 9.47 Å². The number of fused-ring (bicyclic) bond motifs is 2. The van der Waals surface area contributed by atoms with Gasteiger partial charge in [0.25, 0.3) is 11.5 Å². The largest absolute Gasteiger partial charge is 0.493 e. The summed E-state index contributed by atoms with van der Waals surface area (Å²) in [5.74, 6) is 1.27. The van der Waals surface area contributed by atoms with Crippen LogP contribution in [0.25, 0.3) is 6.08 Å². The van der Waals surface area contributed by atoms with Gasteiger partial charge in [-0.3, -0.25) is 14.2 Å². The third kappa shape index (κ3) is 5.67. The minimum atomic E-state index is -0.781. The van der Waals surface area contributed by atoms with Crippen LogP contribution < -0.4 is 33.8 Å². The Hall–Kier alpha value is -4.62. The topological polar surface area (TPSA) is 127 Å². The van der Waals surface area contributed by atoms with E-state index in [1.807, 2.05) is 0 Å². The number of ether oxygens (including phenoxy) is 6. The van der Waals surface area contributed by atoms with Crippen LogP contribution in [0.1, 0.15) is 31.0 Å². The Morgan fingerprint density at radius 2 is 1.89 bits per heavy atom. The molecule has 3 aliphatic heterocycles. The maximum atomic E-state index is 14.0. The number of carbonyl (C=O) groups is 2. The summed E-state index contributed by atoms with van der Waals surface area (Å²) in [5.41, 5.74) is 1.77. The number of esters is 1. The number of rotatable bonds is 8. The van der Waals surface area contributed by atoms with E-state index in [-0.39, 0.29) is 37.0 Å². The van der Waals surface area contributed by atoms with E-state index in [1.165, 1.54) is 23.0 Å². The molecule has 1 atom stereocenters. The lowest BCUT2D eigenvalue weighted by atomic mass is 9.95. The third-order valence-corrected chi connectivity index (χ3v) is 8.41. The Bertz CT molecular complexity index is 1820. The van der Waals surface area contributed by atoms with Crippen molar-refractivity contribution >= 4 is 29.3 Å². The fraction of sp³-hybridized carbons (Fsp3) is 0.355. The normalized spacial score (nSPS) is 17.7. The molecule has 0 bridgehead atoms. The summed E-state index contributed by atoms with van der Waals surface area (Å²) in [7, 11) is 1.51. The van der Waals surface area contributed by atoms with Gasteiger partial charge < -0.3 is 33.3 Å². The van der Waals surface area contributed by atoms with Crippen LogP contribution in [0.4, 0.5) is 0 Å². The second-order valence-corrected chi connectivity index (χ2v) is 11.1. The van der Waals surface area contributed by atoms with E-state index in [9.17, 15) is 14.4 Å². The molecule has 0 radical (unpaired) electrons. The van der Waals surface area contributed by atoms with Crippen LogP contribution in [-0.4, -0.2) is 74.8 Å². The Balaban J connectivity index is 1.34. The number of methoxy groups -OCH3 is 1. The van der Waals surface area contributed by atoms with Gasteiger partial charge >= 0.3 is 5.97 Å². The molecule has 0 spiro atoms. The molecule has 230 valence electrons. The van der Waals surface area contributed by atoms with Crippen LogP contribution in [0.3, 0.4) is 0 Å². The molecule has 2 aromatic carbocycles. The van der Waals surface area contributed by atoms with Crippen molar-refractivity contribution in [3.8, 4) is 23.0 Å². The van der Waals surface area contributed by atoms with Gasteiger partial charge in [-0.05, 0) is 55.3 Å². The zero-order valence-electron chi connectivity index (χ0n) is 24.5. The highest BCUT2D eigenvalue weighted by atomic mass is 32.1. The smallest absolute Gasteiger partial charge is 0.338 e. The fourth-order valence-electron chi connectivity index (χ4n) is 5.28. The van der Waals surface area contributed by atoms with Gasteiger partial charge in [-0.15, -0.1) is 0 Å². The Kier molecular flexibility index (Phi) is 8.40. The molecule has 3 aromatic rings. The van der Waals surface area contributed by atoms with Gasteiger partial charge in [0.05, 0.1) is 48.8 Å². The first-order valence-electron chi connectivity index (χ1n) is 14.1. The Morgan fingerprint density at radius 3 is 2.66 bits per heavy atom. The first-order chi connectivity index (χ1) is 21.4. The number of hydrogen-bond donors (Lipinski definition) is 0. The number of carbonyl (C=O) groups excluding carboxylic acids is 2. The first kappa shape index (κ1) is 29.5. The van der Waals surface area contributed by atoms with Gasteiger partial charge in [-0.25, -0.2) is 9.79 Å². The SMILES string of the molecule is CCOC(=O)C1=C(C)N=c2s/c(=C/c3ccc(OCC(=O)N4CCOCC4)c(OC)c3)c(=O)n2[C@H]1c1ccc2c(c1)OCO2. The van der Waals surface area contributed by atoms with E-state index in [0.717, 1.165) is 0 Å². The van der Waals surface area contributed by atoms with Crippen LogP contribution in [0.2, 0.25) is 0 Å². The van der Waals surface area contributed by atoms with Crippen LogP contribution in [-0.2, 0) is 19.1 Å². The fourth-order valence-corrected chi connectivity index (χ4v) is 6.32. The maximum Gasteiger partial charge on any atom is 0.338 e. The molecule has 1 saturated heterocycles. The van der Waals surface area contributed by atoms with E-state index in [1.54, 1.807) is 61.2 Å². The van der Waals surface area contributed by atoms with Gasteiger partial charge in [0, 0.05) is 13.1 Å². The van der Waals surface area contributed by atoms with E-state index >= 15 is 0 Å².